The van der Waals surface area contributed by atoms with Crippen molar-refractivity contribution in [1.29, 1.82) is 0 Å². The molecule has 0 aromatic carbocycles. The largest absolute Gasteiger partial charge is 0.461 e. The van der Waals surface area contributed by atoms with Crippen molar-refractivity contribution in [3.05, 3.63) is 33.3 Å². The van der Waals surface area contributed by atoms with Crippen LogP contribution >= 0.6 is 15.9 Å². The van der Waals surface area contributed by atoms with Gasteiger partial charge in [-0.2, -0.15) is 10.2 Å². The molecule has 136 valence electrons. The zero-order valence-electron chi connectivity index (χ0n) is 14.8. The number of carbonyl (C=O) groups is 2. The number of amides is 1. The third-order valence-electron chi connectivity index (χ3n) is 3.72. The van der Waals surface area contributed by atoms with Crippen LogP contribution in [0.15, 0.2) is 10.5 Å². The van der Waals surface area contributed by atoms with Crippen LogP contribution in [0.25, 0.3) is 0 Å². The maximum absolute atomic E-state index is 12.2. The maximum atomic E-state index is 12.2. The molecule has 0 aliphatic rings. The van der Waals surface area contributed by atoms with E-state index in [1.165, 1.54) is 10.7 Å². The number of hydrogen-bond donors (Lipinski definition) is 1. The normalized spacial score (nSPS) is 10.8. The molecule has 0 atom stereocenters. The first-order chi connectivity index (χ1) is 11.8. The van der Waals surface area contributed by atoms with Crippen molar-refractivity contribution in [2.24, 2.45) is 7.05 Å². The van der Waals surface area contributed by atoms with Gasteiger partial charge in [-0.05, 0) is 43.1 Å². The third kappa shape index (κ3) is 4.47. The summed E-state index contributed by atoms with van der Waals surface area (Å²) in [5.41, 5.74) is 2.45. The fourth-order valence-corrected chi connectivity index (χ4v) is 2.67. The molecule has 0 bridgehead atoms. The smallest absolute Gasteiger partial charge is 0.356 e. The quantitative estimate of drug-likeness (QED) is 0.555. The van der Waals surface area contributed by atoms with Gasteiger partial charge in [0.15, 0.2) is 5.69 Å². The van der Waals surface area contributed by atoms with Gasteiger partial charge in [-0.1, -0.05) is 0 Å². The minimum atomic E-state index is -0.494. The highest BCUT2D eigenvalue weighted by Crippen LogP contribution is 2.19. The fourth-order valence-electron chi connectivity index (χ4n) is 2.39. The Morgan fingerprint density at radius 2 is 2.04 bits per heavy atom. The molecule has 9 heteroatoms. The summed E-state index contributed by atoms with van der Waals surface area (Å²) in [7, 11) is 1.60. The minimum absolute atomic E-state index is 0.194. The lowest BCUT2D eigenvalue weighted by Gasteiger charge is -2.05. The van der Waals surface area contributed by atoms with Crippen molar-refractivity contribution in [3.63, 3.8) is 0 Å². The van der Waals surface area contributed by atoms with Gasteiger partial charge in [0.05, 0.1) is 16.8 Å². The highest BCUT2D eigenvalue weighted by molar-refractivity contribution is 9.10. The molecule has 0 saturated carbocycles. The number of halogens is 1. The second-order valence-corrected chi connectivity index (χ2v) is 6.37. The molecule has 1 amide bonds. The minimum Gasteiger partial charge on any atom is -0.461 e. The molecular weight excluding hydrogens is 390 g/mol. The molecule has 0 spiro atoms. The van der Waals surface area contributed by atoms with Gasteiger partial charge < -0.3 is 10.1 Å². The Balaban J connectivity index is 1.87. The van der Waals surface area contributed by atoms with Crippen molar-refractivity contribution >= 4 is 27.8 Å². The first-order valence-corrected chi connectivity index (χ1v) is 8.83. The van der Waals surface area contributed by atoms with E-state index in [4.69, 9.17) is 4.74 Å². The predicted molar refractivity (Wildman–Crippen MR) is 95.5 cm³/mol. The number of nitrogens with zero attached hydrogens (tertiary/aromatic N) is 4. The molecule has 0 aliphatic carbocycles. The van der Waals surface area contributed by atoms with Crippen LogP contribution in [0.5, 0.6) is 0 Å². The van der Waals surface area contributed by atoms with Crippen LogP contribution in [-0.4, -0.2) is 44.6 Å². The third-order valence-corrected chi connectivity index (χ3v) is 4.87. The van der Waals surface area contributed by atoms with Crippen LogP contribution in [0.3, 0.4) is 0 Å². The van der Waals surface area contributed by atoms with Crippen LogP contribution in [-0.2, 0) is 18.3 Å². The second-order valence-electron chi connectivity index (χ2n) is 5.58. The summed E-state index contributed by atoms with van der Waals surface area (Å²) in [6.45, 7) is 7.12. The first-order valence-electron chi connectivity index (χ1n) is 8.04. The van der Waals surface area contributed by atoms with Crippen molar-refractivity contribution in [2.45, 2.75) is 33.7 Å². The number of nitrogens with one attached hydrogen (secondary N) is 1. The summed E-state index contributed by atoms with van der Waals surface area (Å²) in [5, 5.41) is 11.3. The van der Waals surface area contributed by atoms with Gasteiger partial charge >= 0.3 is 5.97 Å². The number of hydrogen-bond acceptors (Lipinski definition) is 5. The average Bonchev–Trinajstić information content (AvgIpc) is 3.07. The summed E-state index contributed by atoms with van der Waals surface area (Å²) in [4.78, 5) is 23.9. The lowest BCUT2D eigenvalue weighted by molar-refractivity contribution is 0.0513. The van der Waals surface area contributed by atoms with E-state index in [1.807, 2.05) is 18.5 Å². The van der Waals surface area contributed by atoms with E-state index in [2.05, 4.69) is 31.4 Å². The molecular formula is C16H22BrN5O3. The highest BCUT2D eigenvalue weighted by Gasteiger charge is 2.18. The van der Waals surface area contributed by atoms with E-state index in [1.54, 1.807) is 14.0 Å². The standard InChI is InChI=1S/C16H22BrN5O3/c1-5-25-16(24)13-9-12(20-21(13)4)15(23)18-7-6-8-22-11(3)14(17)10(2)19-22/h9H,5-8H2,1-4H3,(H,18,23). The topological polar surface area (TPSA) is 91.0 Å². The molecule has 1 N–H and O–H groups in total. The van der Waals surface area contributed by atoms with E-state index < -0.39 is 5.97 Å². The first kappa shape index (κ1) is 19.2. The van der Waals surface area contributed by atoms with E-state index in [-0.39, 0.29) is 23.9 Å². The zero-order chi connectivity index (χ0) is 18.6. The Bertz CT molecular complexity index is 781. The Kier molecular flexibility index (Phi) is 6.35. The number of aromatic nitrogens is 4. The van der Waals surface area contributed by atoms with E-state index in [0.717, 1.165) is 22.3 Å². The number of aryl methyl sites for hydroxylation is 3. The molecule has 25 heavy (non-hydrogen) atoms. The van der Waals surface area contributed by atoms with E-state index >= 15 is 0 Å². The molecule has 0 radical (unpaired) electrons. The lowest BCUT2D eigenvalue weighted by atomic mass is 10.3. The molecule has 0 unspecified atom stereocenters. The van der Waals surface area contributed by atoms with Crippen molar-refractivity contribution in [1.82, 2.24) is 24.9 Å². The summed E-state index contributed by atoms with van der Waals surface area (Å²) >= 11 is 3.49. The molecule has 0 saturated heterocycles. The summed E-state index contributed by atoms with van der Waals surface area (Å²) in [5.74, 6) is -0.813. The van der Waals surface area contributed by atoms with Gasteiger partial charge in [-0.25, -0.2) is 4.79 Å². The van der Waals surface area contributed by atoms with Gasteiger partial charge in [0.1, 0.15) is 5.69 Å². The molecule has 2 aromatic rings. The molecule has 2 heterocycles. The molecule has 0 aliphatic heterocycles. The monoisotopic (exact) mass is 411 g/mol. The van der Waals surface area contributed by atoms with Gasteiger partial charge in [0.2, 0.25) is 0 Å². The van der Waals surface area contributed by atoms with Gasteiger partial charge in [-0.15, -0.1) is 0 Å². The molecule has 2 aromatic heterocycles. The highest BCUT2D eigenvalue weighted by atomic mass is 79.9. The Morgan fingerprint density at radius 1 is 1.32 bits per heavy atom. The second kappa shape index (κ2) is 8.28. The van der Waals surface area contributed by atoms with Crippen LogP contribution in [0.1, 0.15) is 45.7 Å². The van der Waals surface area contributed by atoms with E-state index in [0.29, 0.717) is 13.1 Å². The molecule has 2 rings (SSSR count). The van der Waals surface area contributed by atoms with Crippen LogP contribution in [0.4, 0.5) is 0 Å². The summed E-state index contributed by atoms with van der Waals surface area (Å²) in [6, 6.07) is 1.44. The molecule has 8 nitrogen and oxygen atoms in total. The Morgan fingerprint density at radius 3 is 2.64 bits per heavy atom. The van der Waals surface area contributed by atoms with Crippen molar-refractivity contribution in [3.8, 4) is 0 Å². The van der Waals surface area contributed by atoms with E-state index in [9.17, 15) is 9.59 Å². The lowest BCUT2D eigenvalue weighted by Crippen LogP contribution is -2.26. The molecule has 0 fully saturated rings. The van der Waals surface area contributed by atoms with Gasteiger partial charge in [-0.3, -0.25) is 14.2 Å². The fraction of sp³-hybridized carbons (Fsp3) is 0.500. The van der Waals surface area contributed by atoms with Gasteiger partial charge in [0, 0.05) is 31.9 Å². The van der Waals surface area contributed by atoms with Crippen molar-refractivity contribution < 1.29 is 14.3 Å². The zero-order valence-corrected chi connectivity index (χ0v) is 16.4. The Labute approximate surface area is 154 Å². The number of esters is 1. The Hall–Kier alpha value is -2.16. The van der Waals surface area contributed by atoms with Gasteiger partial charge in [0.25, 0.3) is 5.91 Å². The number of carbonyl (C=O) groups excluding carboxylic acids is 2. The van der Waals surface area contributed by atoms with Crippen LogP contribution < -0.4 is 5.32 Å². The predicted octanol–water partition coefficient (Wildman–Crippen LogP) is 1.99. The maximum Gasteiger partial charge on any atom is 0.356 e. The van der Waals surface area contributed by atoms with Crippen LogP contribution in [0, 0.1) is 13.8 Å². The average molecular weight is 412 g/mol. The number of rotatable bonds is 7. The summed E-state index contributed by atoms with van der Waals surface area (Å²) in [6.07, 6.45) is 0.734. The number of ether oxygens (including phenoxy) is 1. The SMILES string of the molecule is CCOC(=O)c1cc(C(=O)NCCCn2nc(C)c(Br)c2C)nn1C. The van der Waals surface area contributed by atoms with Crippen molar-refractivity contribution in [2.75, 3.05) is 13.2 Å². The van der Waals surface area contributed by atoms with Crippen LogP contribution in [0.2, 0.25) is 0 Å². The summed E-state index contributed by atoms with van der Waals surface area (Å²) < 4.78 is 9.19.